The highest BCUT2D eigenvalue weighted by Gasteiger charge is 2.10. The molecule has 0 saturated heterocycles. The number of benzene rings is 1. The van der Waals surface area contributed by atoms with Crippen molar-refractivity contribution >= 4 is 27.5 Å². The molecule has 0 aliphatic rings. The lowest BCUT2D eigenvalue weighted by atomic mass is 10.1. The van der Waals surface area contributed by atoms with Crippen LogP contribution in [0.5, 0.6) is 0 Å². The van der Waals surface area contributed by atoms with E-state index in [2.05, 4.69) is 26.3 Å². The molecule has 0 spiro atoms. The topological polar surface area (TPSA) is 67.2 Å². The second-order valence-electron chi connectivity index (χ2n) is 4.13. The molecule has 0 atom stereocenters. The number of nitrogens with one attached hydrogen (secondary N) is 1. The summed E-state index contributed by atoms with van der Waals surface area (Å²) < 4.78 is 2.52. The van der Waals surface area contributed by atoms with E-state index in [1.807, 2.05) is 19.1 Å². The molecule has 5 nitrogen and oxygen atoms in total. The van der Waals surface area contributed by atoms with E-state index in [0.717, 1.165) is 10.0 Å². The van der Waals surface area contributed by atoms with Gasteiger partial charge in [-0.25, -0.2) is 0 Å². The zero-order valence-electron chi connectivity index (χ0n) is 10.4. The van der Waals surface area contributed by atoms with Gasteiger partial charge < -0.3 is 10.4 Å². The highest BCUT2D eigenvalue weighted by Crippen LogP contribution is 2.17. The molecule has 0 aliphatic carbocycles. The maximum Gasteiger partial charge on any atom is 0.256 e. The molecular formula is C13H14BrN3O2. The number of aliphatic hydroxyl groups is 1. The Morgan fingerprint density at radius 3 is 3.00 bits per heavy atom. The number of anilines is 1. The first-order valence-corrected chi connectivity index (χ1v) is 6.60. The third kappa shape index (κ3) is 3.42. The fourth-order valence-electron chi connectivity index (χ4n) is 1.73. The average molecular weight is 324 g/mol. The lowest BCUT2D eigenvalue weighted by Crippen LogP contribution is -2.13. The van der Waals surface area contributed by atoms with Crippen LogP contribution in [0.1, 0.15) is 15.9 Å². The fourth-order valence-corrected chi connectivity index (χ4v) is 2.21. The zero-order valence-corrected chi connectivity index (χ0v) is 12.0. The molecule has 0 radical (unpaired) electrons. The largest absolute Gasteiger partial charge is 0.394 e. The number of halogens is 1. The number of carbonyl (C=O) groups is 1. The van der Waals surface area contributed by atoms with Crippen LogP contribution >= 0.6 is 15.9 Å². The normalized spacial score (nSPS) is 10.5. The summed E-state index contributed by atoms with van der Waals surface area (Å²) in [6, 6.07) is 5.49. The molecule has 1 heterocycles. The Labute approximate surface area is 119 Å². The zero-order chi connectivity index (χ0) is 13.8. The summed E-state index contributed by atoms with van der Waals surface area (Å²) in [4.78, 5) is 12.1. The molecule has 6 heteroatoms. The van der Waals surface area contributed by atoms with Crippen LogP contribution < -0.4 is 5.32 Å². The lowest BCUT2D eigenvalue weighted by molar-refractivity contribution is 0.102. The van der Waals surface area contributed by atoms with E-state index in [0.29, 0.717) is 17.8 Å². The van der Waals surface area contributed by atoms with Gasteiger partial charge in [0.25, 0.3) is 5.91 Å². The lowest BCUT2D eigenvalue weighted by Gasteiger charge is -2.06. The van der Waals surface area contributed by atoms with Gasteiger partial charge in [-0.15, -0.1) is 0 Å². The molecule has 0 fully saturated rings. The van der Waals surface area contributed by atoms with Crippen molar-refractivity contribution in [3.05, 3.63) is 46.2 Å². The van der Waals surface area contributed by atoms with Crippen molar-refractivity contribution in [3.63, 3.8) is 0 Å². The number of aryl methyl sites for hydroxylation is 1. The van der Waals surface area contributed by atoms with Gasteiger partial charge in [0.1, 0.15) is 0 Å². The highest BCUT2D eigenvalue weighted by atomic mass is 79.9. The first-order valence-electron chi connectivity index (χ1n) is 5.81. The maximum absolute atomic E-state index is 12.1. The summed E-state index contributed by atoms with van der Waals surface area (Å²) in [5.74, 6) is -0.173. The van der Waals surface area contributed by atoms with Crippen molar-refractivity contribution in [1.82, 2.24) is 9.78 Å². The Hall–Kier alpha value is -1.66. The van der Waals surface area contributed by atoms with Gasteiger partial charge in [-0.05, 0) is 30.7 Å². The van der Waals surface area contributed by atoms with E-state index < -0.39 is 0 Å². The predicted octanol–water partition coefficient (Wildman–Crippen LogP) is 2.20. The maximum atomic E-state index is 12.1. The summed E-state index contributed by atoms with van der Waals surface area (Å²) >= 11 is 3.36. The molecule has 1 amide bonds. The molecule has 2 N–H and O–H groups in total. The van der Waals surface area contributed by atoms with Crippen LogP contribution in [0.4, 0.5) is 5.69 Å². The SMILES string of the molecule is Cc1cc(Br)ccc1C(=O)Nc1cnn(CCO)c1. The van der Waals surface area contributed by atoms with Gasteiger partial charge in [0.05, 0.1) is 25.0 Å². The van der Waals surface area contributed by atoms with Gasteiger partial charge in [-0.1, -0.05) is 15.9 Å². The second-order valence-corrected chi connectivity index (χ2v) is 5.04. The monoisotopic (exact) mass is 323 g/mol. The minimum Gasteiger partial charge on any atom is -0.394 e. The first-order chi connectivity index (χ1) is 9.10. The van der Waals surface area contributed by atoms with Crippen molar-refractivity contribution in [2.45, 2.75) is 13.5 Å². The Morgan fingerprint density at radius 2 is 2.32 bits per heavy atom. The van der Waals surface area contributed by atoms with Crippen LogP contribution in [0, 0.1) is 6.92 Å². The third-order valence-electron chi connectivity index (χ3n) is 2.65. The molecule has 1 aromatic carbocycles. The molecule has 100 valence electrons. The Balaban J connectivity index is 2.11. The molecule has 0 saturated carbocycles. The molecule has 2 rings (SSSR count). The van der Waals surface area contributed by atoms with Crippen molar-refractivity contribution < 1.29 is 9.90 Å². The number of carbonyl (C=O) groups excluding carboxylic acids is 1. The minimum atomic E-state index is -0.173. The van der Waals surface area contributed by atoms with Gasteiger partial charge in [0, 0.05) is 16.2 Å². The van der Waals surface area contributed by atoms with E-state index >= 15 is 0 Å². The van der Waals surface area contributed by atoms with Gasteiger partial charge in [0.2, 0.25) is 0 Å². The van der Waals surface area contributed by atoms with E-state index in [4.69, 9.17) is 5.11 Å². The molecular weight excluding hydrogens is 310 g/mol. The summed E-state index contributed by atoms with van der Waals surface area (Å²) in [6.07, 6.45) is 3.24. The highest BCUT2D eigenvalue weighted by molar-refractivity contribution is 9.10. The summed E-state index contributed by atoms with van der Waals surface area (Å²) in [7, 11) is 0. The molecule has 2 aromatic rings. The van der Waals surface area contributed by atoms with Crippen LogP contribution in [-0.2, 0) is 6.54 Å². The molecule has 19 heavy (non-hydrogen) atoms. The number of nitrogens with zero attached hydrogens (tertiary/aromatic N) is 2. The number of amides is 1. The first kappa shape index (κ1) is 13.8. The van der Waals surface area contributed by atoms with Gasteiger partial charge in [-0.2, -0.15) is 5.10 Å². The third-order valence-corrected chi connectivity index (χ3v) is 3.15. The standard InChI is InChI=1S/C13H14BrN3O2/c1-9-6-10(14)2-3-12(9)13(19)16-11-7-15-17(8-11)4-5-18/h2-3,6-8,18H,4-5H2,1H3,(H,16,19). The van der Waals surface area contributed by atoms with E-state index in [1.165, 1.54) is 0 Å². The van der Waals surface area contributed by atoms with Crippen LogP contribution in [0.15, 0.2) is 35.1 Å². The number of rotatable bonds is 4. The van der Waals surface area contributed by atoms with Gasteiger partial charge in [-0.3, -0.25) is 9.48 Å². The van der Waals surface area contributed by atoms with Crippen molar-refractivity contribution in [3.8, 4) is 0 Å². The average Bonchev–Trinajstić information content (AvgIpc) is 2.76. The van der Waals surface area contributed by atoms with Gasteiger partial charge >= 0.3 is 0 Å². The summed E-state index contributed by atoms with van der Waals surface area (Å²) in [6.45, 7) is 2.31. The minimum absolute atomic E-state index is 0.0148. The Bertz CT molecular complexity index is 595. The van der Waals surface area contributed by atoms with Crippen LogP contribution in [0.3, 0.4) is 0 Å². The molecule has 0 unspecified atom stereocenters. The number of hydrogen-bond donors (Lipinski definition) is 2. The number of aromatic nitrogens is 2. The van der Waals surface area contributed by atoms with Crippen molar-refractivity contribution in [1.29, 1.82) is 0 Å². The molecule has 0 bridgehead atoms. The Kier molecular flexibility index (Phi) is 4.34. The summed E-state index contributed by atoms with van der Waals surface area (Å²) in [5, 5.41) is 15.6. The fraction of sp³-hybridized carbons (Fsp3) is 0.231. The van der Waals surface area contributed by atoms with Crippen LogP contribution in [-0.4, -0.2) is 27.4 Å². The van der Waals surface area contributed by atoms with Crippen molar-refractivity contribution in [2.24, 2.45) is 0 Å². The molecule has 0 aliphatic heterocycles. The van der Waals surface area contributed by atoms with Crippen LogP contribution in [0.2, 0.25) is 0 Å². The van der Waals surface area contributed by atoms with E-state index in [1.54, 1.807) is 23.1 Å². The number of aliphatic hydroxyl groups excluding tert-OH is 1. The smallest absolute Gasteiger partial charge is 0.256 e. The number of hydrogen-bond acceptors (Lipinski definition) is 3. The predicted molar refractivity (Wildman–Crippen MR) is 76.1 cm³/mol. The van der Waals surface area contributed by atoms with E-state index in [-0.39, 0.29) is 12.5 Å². The quantitative estimate of drug-likeness (QED) is 0.906. The summed E-state index contributed by atoms with van der Waals surface area (Å²) in [5.41, 5.74) is 2.13. The van der Waals surface area contributed by atoms with Crippen molar-refractivity contribution in [2.75, 3.05) is 11.9 Å². The van der Waals surface area contributed by atoms with Crippen LogP contribution in [0.25, 0.3) is 0 Å². The Morgan fingerprint density at radius 1 is 1.53 bits per heavy atom. The molecule has 1 aromatic heterocycles. The second kappa shape index (κ2) is 5.99. The van der Waals surface area contributed by atoms with E-state index in [9.17, 15) is 4.79 Å². The van der Waals surface area contributed by atoms with Gasteiger partial charge in [0.15, 0.2) is 0 Å².